The van der Waals surface area contributed by atoms with E-state index in [9.17, 15) is 4.79 Å². The molecular weight excluding hydrogens is 294 g/mol. The minimum atomic E-state index is -0.447. The van der Waals surface area contributed by atoms with Gasteiger partial charge in [-0.25, -0.2) is 0 Å². The average Bonchev–Trinajstić information content (AvgIpc) is 2.39. The second kappa shape index (κ2) is 5.23. The molecule has 2 aromatic carbocycles. The van der Waals surface area contributed by atoms with E-state index in [1.54, 1.807) is 13.2 Å². The number of rotatable bonds is 3. The van der Waals surface area contributed by atoms with Crippen molar-refractivity contribution in [1.82, 2.24) is 0 Å². The zero-order chi connectivity index (χ0) is 13.1. The van der Waals surface area contributed by atoms with E-state index in [0.29, 0.717) is 10.0 Å². The molecule has 3 nitrogen and oxygen atoms in total. The molecule has 2 N–H and O–H groups in total. The zero-order valence-corrected chi connectivity index (χ0v) is 11.4. The first-order valence-electron chi connectivity index (χ1n) is 5.35. The molecule has 0 saturated heterocycles. The minimum Gasteiger partial charge on any atom is -0.497 e. The van der Waals surface area contributed by atoms with Crippen LogP contribution < -0.4 is 10.5 Å². The fourth-order valence-corrected chi connectivity index (χ4v) is 2.12. The predicted molar refractivity (Wildman–Crippen MR) is 74.6 cm³/mol. The summed E-state index contributed by atoms with van der Waals surface area (Å²) in [5, 5.41) is 0. The van der Waals surface area contributed by atoms with Crippen LogP contribution in [0.1, 0.15) is 10.4 Å². The second-order valence-corrected chi connectivity index (χ2v) is 4.64. The third-order valence-corrected chi connectivity index (χ3v) is 3.35. The number of primary amides is 1. The summed E-state index contributed by atoms with van der Waals surface area (Å²) in [6, 6.07) is 13.1. The van der Waals surface area contributed by atoms with Crippen LogP contribution in [-0.4, -0.2) is 13.0 Å². The highest BCUT2D eigenvalue weighted by molar-refractivity contribution is 9.10. The summed E-state index contributed by atoms with van der Waals surface area (Å²) in [7, 11) is 1.62. The maximum atomic E-state index is 11.3. The molecule has 0 aliphatic heterocycles. The van der Waals surface area contributed by atoms with E-state index < -0.39 is 5.91 Å². The molecule has 0 atom stereocenters. The number of carbonyl (C=O) groups is 1. The van der Waals surface area contributed by atoms with Crippen molar-refractivity contribution >= 4 is 21.8 Å². The van der Waals surface area contributed by atoms with Crippen LogP contribution in [0.4, 0.5) is 0 Å². The van der Waals surface area contributed by atoms with Crippen LogP contribution in [0.5, 0.6) is 5.75 Å². The van der Waals surface area contributed by atoms with Gasteiger partial charge in [0.1, 0.15) is 5.75 Å². The maximum Gasteiger partial charge on any atom is 0.249 e. The number of hydrogen-bond acceptors (Lipinski definition) is 2. The second-order valence-electron chi connectivity index (χ2n) is 3.79. The maximum absolute atomic E-state index is 11.3. The number of halogens is 1. The first kappa shape index (κ1) is 12.6. The van der Waals surface area contributed by atoms with Gasteiger partial charge in [-0.2, -0.15) is 0 Å². The van der Waals surface area contributed by atoms with Gasteiger partial charge in [0.2, 0.25) is 5.91 Å². The molecule has 0 bridgehead atoms. The van der Waals surface area contributed by atoms with Crippen molar-refractivity contribution in [3.8, 4) is 16.9 Å². The normalized spacial score (nSPS) is 10.1. The Hall–Kier alpha value is -1.81. The van der Waals surface area contributed by atoms with Crippen LogP contribution in [0, 0.1) is 0 Å². The van der Waals surface area contributed by atoms with E-state index in [2.05, 4.69) is 15.9 Å². The predicted octanol–water partition coefficient (Wildman–Crippen LogP) is 3.22. The molecule has 0 aromatic heterocycles. The van der Waals surface area contributed by atoms with Gasteiger partial charge >= 0.3 is 0 Å². The fourth-order valence-electron chi connectivity index (χ4n) is 1.68. The van der Waals surface area contributed by atoms with Gasteiger partial charge in [-0.05, 0) is 51.3 Å². The number of benzene rings is 2. The summed E-state index contributed by atoms with van der Waals surface area (Å²) in [5.74, 6) is 0.350. The van der Waals surface area contributed by atoms with Crippen LogP contribution in [0.3, 0.4) is 0 Å². The van der Waals surface area contributed by atoms with Crippen LogP contribution in [0.2, 0.25) is 0 Å². The Labute approximate surface area is 114 Å². The molecule has 2 rings (SSSR count). The summed E-state index contributed by atoms with van der Waals surface area (Å²) >= 11 is 3.31. The Morgan fingerprint density at radius 1 is 1.11 bits per heavy atom. The Morgan fingerprint density at radius 3 is 2.28 bits per heavy atom. The third kappa shape index (κ3) is 2.54. The van der Waals surface area contributed by atoms with E-state index >= 15 is 0 Å². The van der Waals surface area contributed by atoms with Gasteiger partial charge in [0.05, 0.1) is 12.7 Å². The van der Waals surface area contributed by atoms with Crippen LogP contribution in [-0.2, 0) is 0 Å². The monoisotopic (exact) mass is 305 g/mol. The first-order valence-corrected chi connectivity index (χ1v) is 6.15. The van der Waals surface area contributed by atoms with Gasteiger partial charge in [-0.3, -0.25) is 4.79 Å². The summed E-state index contributed by atoms with van der Waals surface area (Å²) < 4.78 is 5.81. The van der Waals surface area contributed by atoms with Gasteiger partial charge in [-0.1, -0.05) is 18.2 Å². The standard InChI is InChI=1S/C14H12BrNO2/c1-18-11-5-2-9(3-6-11)10-4-7-13(15)12(8-10)14(16)17/h2-8H,1H3,(H2,16,17). The lowest BCUT2D eigenvalue weighted by Gasteiger charge is -2.06. The molecule has 0 spiro atoms. The first-order chi connectivity index (χ1) is 8.61. The molecule has 1 amide bonds. The number of ether oxygens (including phenoxy) is 1. The number of carbonyl (C=O) groups excluding carboxylic acids is 1. The third-order valence-electron chi connectivity index (χ3n) is 2.66. The zero-order valence-electron chi connectivity index (χ0n) is 9.81. The summed E-state index contributed by atoms with van der Waals surface area (Å²) in [5.41, 5.74) is 7.74. The molecule has 4 heteroatoms. The molecule has 0 saturated carbocycles. The Morgan fingerprint density at radius 2 is 1.72 bits per heavy atom. The van der Waals surface area contributed by atoms with Crippen molar-refractivity contribution in [2.75, 3.05) is 7.11 Å². The number of nitrogens with two attached hydrogens (primary N) is 1. The highest BCUT2D eigenvalue weighted by atomic mass is 79.9. The molecule has 18 heavy (non-hydrogen) atoms. The highest BCUT2D eigenvalue weighted by Gasteiger charge is 2.08. The molecule has 0 fully saturated rings. The van der Waals surface area contributed by atoms with E-state index in [1.165, 1.54) is 0 Å². The number of amides is 1. The van der Waals surface area contributed by atoms with Crippen LogP contribution >= 0.6 is 15.9 Å². The fraction of sp³-hybridized carbons (Fsp3) is 0.0714. The largest absolute Gasteiger partial charge is 0.497 e. The summed E-state index contributed by atoms with van der Waals surface area (Å²) in [4.78, 5) is 11.3. The van der Waals surface area contributed by atoms with Crippen molar-refractivity contribution < 1.29 is 9.53 Å². The van der Waals surface area contributed by atoms with Gasteiger partial charge in [-0.15, -0.1) is 0 Å². The smallest absolute Gasteiger partial charge is 0.249 e. The molecule has 0 unspecified atom stereocenters. The van der Waals surface area contributed by atoms with Crippen molar-refractivity contribution in [2.24, 2.45) is 5.73 Å². The lowest BCUT2D eigenvalue weighted by molar-refractivity contribution is 0.0999. The molecule has 0 heterocycles. The molecule has 2 aromatic rings. The lowest BCUT2D eigenvalue weighted by Crippen LogP contribution is -2.11. The van der Waals surface area contributed by atoms with Crippen LogP contribution in [0.25, 0.3) is 11.1 Å². The molecule has 0 aliphatic rings. The Bertz CT molecular complexity index is 579. The lowest BCUT2D eigenvalue weighted by atomic mass is 10.0. The topological polar surface area (TPSA) is 52.3 Å². The van der Waals surface area contributed by atoms with Crippen molar-refractivity contribution in [3.63, 3.8) is 0 Å². The molecule has 0 aliphatic carbocycles. The van der Waals surface area contributed by atoms with E-state index in [-0.39, 0.29) is 0 Å². The van der Waals surface area contributed by atoms with Gasteiger partial charge in [0.15, 0.2) is 0 Å². The van der Waals surface area contributed by atoms with Crippen molar-refractivity contribution in [1.29, 1.82) is 0 Å². The Balaban J connectivity index is 2.44. The van der Waals surface area contributed by atoms with Gasteiger partial charge in [0, 0.05) is 4.47 Å². The Kier molecular flexibility index (Phi) is 3.67. The van der Waals surface area contributed by atoms with Gasteiger partial charge < -0.3 is 10.5 Å². The number of methoxy groups -OCH3 is 1. The molecular formula is C14H12BrNO2. The number of hydrogen-bond donors (Lipinski definition) is 1. The van der Waals surface area contributed by atoms with E-state index in [1.807, 2.05) is 36.4 Å². The minimum absolute atomic E-state index is 0.447. The van der Waals surface area contributed by atoms with E-state index in [0.717, 1.165) is 16.9 Å². The average molecular weight is 306 g/mol. The van der Waals surface area contributed by atoms with Crippen molar-refractivity contribution in [3.05, 3.63) is 52.5 Å². The highest BCUT2D eigenvalue weighted by Crippen LogP contribution is 2.26. The quantitative estimate of drug-likeness (QED) is 0.946. The van der Waals surface area contributed by atoms with Crippen LogP contribution in [0.15, 0.2) is 46.9 Å². The SMILES string of the molecule is COc1ccc(-c2ccc(Br)c(C(N)=O)c2)cc1. The molecule has 0 radical (unpaired) electrons. The van der Waals surface area contributed by atoms with Gasteiger partial charge in [0.25, 0.3) is 0 Å². The summed E-state index contributed by atoms with van der Waals surface area (Å²) in [6.07, 6.45) is 0. The van der Waals surface area contributed by atoms with E-state index in [4.69, 9.17) is 10.5 Å². The van der Waals surface area contributed by atoms with Crippen molar-refractivity contribution in [2.45, 2.75) is 0 Å². The molecule has 92 valence electrons. The summed E-state index contributed by atoms with van der Waals surface area (Å²) in [6.45, 7) is 0.